The topological polar surface area (TPSA) is 9.23 Å². The molecular weight excluding hydrogens is 348 g/mol. The Morgan fingerprint density at radius 2 is 1.86 bits per heavy atom. The number of unbranched alkanes of at least 4 members (excludes halogenated alkanes) is 6. The summed E-state index contributed by atoms with van der Waals surface area (Å²) in [5.41, 5.74) is 2.47. The molecule has 1 aromatic carbocycles. The maximum atomic E-state index is 6.62. The van der Waals surface area contributed by atoms with Crippen molar-refractivity contribution in [1.29, 1.82) is 0 Å². The Labute approximate surface area is 142 Å². The summed E-state index contributed by atoms with van der Waals surface area (Å²) >= 11 is 10.2. The van der Waals surface area contributed by atoms with Gasteiger partial charge in [0.05, 0.1) is 12.0 Å². The first-order valence-corrected chi connectivity index (χ1v) is 9.54. The van der Waals surface area contributed by atoms with Gasteiger partial charge >= 0.3 is 0 Å². The quantitative estimate of drug-likeness (QED) is 0.341. The summed E-state index contributed by atoms with van der Waals surface area (Å²) in [4.78, 5) is 0. The zero-order chi connectivity index (χ0) is 15.1. The van der Waals surface area contributed by atoms with Crippen LogP contribution in [0, 0.1) is 0 Å². The summed E-state index contributed by atoms with van der Waals surface area (Å²) in [5.74, 6) is 1.04. The summed E-state index contributed by atoms with van der Waals surface area (Å²) in [7, 11) is 0. The first kappa shape index (κ1) is 17.1. The highest BCUT2D eigenvalue weighted by Gasteiger charge is 2.21. The minimum absolute atomic E-state index is 0.0741. The zero-order valence-electron chi connectivity index (χ0n) is 13.0. The number of alkyl halides is 1. The third kappa shape index (κ3) is 5.17. The molecule has 0 N–H and O–H groups in total. The lowest BCUT2D eigenvalue weighted by molar-refractivity contribution is 0.352. The van der Waals surface area contributed by atoms with Gasteiger partial charge in [0, 0.05) is 16.5 Å². The summed E-state index contributed by atoms with van der Waals surface area (Å²) in [6.07, 6.45) is 11.3. The minimum atomic E-state index is 0.0741. The highest BCUT2D eigenvalue weighted by atomic mass is 79.9. The van der Waals surface area contributed by atoms with Crippen molar-refractivity contribution in [3.8, 4) is 5.75 Å². The van der Waals surface area contributed by atoms with Crippen LogP contribution in [0.1, 0.15) is 74.8 Å². The van der Waals surface area contributed by atoms with Crippen molar-refractivity contribution in [3.63, 3.8) is 0 Å². The largest absolute Gasteiger partial charge is 0.493 e. The van der Waals surface area contributed by atoms with Gasteiger partial charge in [-0.15, -0.1) is 11.6 Å². The lowest BCUT2D eigenvalue weighted by Gasteiger charge is -2.14. The lowest BCUT2D eigenvalue weighted by Crippen LogP contribution is -1.96. The fraction of sp³-hybridized carbons (Fsp3) is 0.667. The number of rotatable bonds is 9. The molecule has 21 heavy (non-hydrogen) atoms. The predicted octanol–water partition coefficient (Wildman–Crippen LogP) is 6.80. The molecule has 0 saturated carbocycles. The van der Waals surface area contributed by atoms with E-state index in [1.165, 1.54) is 56.1 Å². The second kappa shape index (κ2) is 9.05. The van der Waals surface area contributed by atoms with E-state index in [-0.39, 0.29) is 5.38 Å². The zero-order valence-corrected chi connectivity index (χ0v) is 15.3. The number of fused-ring (bicyclic) bond motifs is 1. The number of benzene rings is 1. The van der Waals surface area contributed by atoms with Crippen LogP contribution in [-0.4, -0.2) is 6.61 Å². The van der Waals surface area contributed by atoms with Crippen LogP contribution in [0.25, 0.3) is 0 Å². The Balaban J connectivity index is 1.77. The molecule has 1 unspecified atom stereocenters. The summed E-state index contributed by atoms with van der Waals surface area (Å²) in [6, 6.07) is 4.28. The van der Waals surface area contributed by atoms with E-state index in [2.05, 4.69) is 35.0 Å². The van der Waals surface area contributed by atoms with Crippen LogP contribution in [-0.2, 0) is 6.42 Å². The van der Waals surface area contributed by atoms with Gasteiger partial charge in [0.1, 0.15) is 5.75 Å². The molecule has 1 atom stereocenters. The van der Waals surface area contributed by atoms with Gasteiger partial charge < -0.3 is 4.74 Å². The van der Waals surface area contributed by atoms with Crippen LogP contribution >= 0.6 is 27.5 Å². The smallest absolute Gasteiger partial charge is 0.127 e. The van der Waals surface area contributed by atoms with Crippen molar-refractivity contribution in [2.75, 3.05) is 6.61 Å². The van der Waals surface area contributed by atoms with E-state index in [0.717, 1.165) is 29.7 Å². The molecule has 1 nitrogen and oxygen atoms in total. The Kier molecular flexibility index (Phi) is 7.39. The predicted molar refractivity (Wildman–Crippen MR) is 94.5 cm³/mol. The first-order valence-electron chi connectivity index (χ1n) is 8.31. The van der Waals surface area contributed by atoms with Gasteiger partial charge in [-0.3, -0.25) is 0 Å². The van der Waals surface area contributed by atoms with Gasteiger partial charge in [-0.25, -0.2) is 0 Å². The van der Waals surface area contributed by atoms with Gasteiger partial charge in [-0.05, 0) is 24.1 Å². The molecule has 1 heterocycles. The maximum absolute atomic E-state index is 6.62. The van der Waals surface area contributed by atoms with Crippen LogP contribution in [0.5, 0.6) is 5.75 Å². The molecule has 3 heteroatoms. The number of hydrogen-bond acceptors (Lipinski definition) is 1. The van der Waals surface area contributed by atoms with Crippen LogP contribution in [0.3, 0.4) is 0 Å². The third-order valence-electron chi connectivity index (χ3n) is 4.18. The average Bonchev–Trinajstić information content (AvgIpc) is 2.93. The Hall–Kier alpha value is -0.210. The van der Waals surface area contributed by atoms with Gasteiger partial charge in [-0.1, -0.05) is 67.8 Å². The van der Waals surface area contributed by atoms with Gasteiger partial charge in [0.2, 0.25) is 0 Å². The fourth-order valence-electron chi connectivity index (χ4n) is 2.97. The highest BCUT2D eigenvalue weighted by Crippen LogP contribution is 2.40. The molecule has 0 aromatic heterocycles. The molecule has 1 aliphatic heterocycles. The molecule has 1 aromatic rings. The molecule has 0 aliphatic carbocycles. The van der Waals surface area contributed by atoms with E-state index in [0.29, 0.717) is 0 Å². The van der Waals surface area contributed by atoms with Crippen molar-refractivity contribution in [3.05, 3.63) is 27.7 Å². The van der Waals surface area contributed by atoms with E-state index in [9.17, 15) is 0 Å². The molecule has 0 saturated heterocycles. The lowest BCUT2D eigenvalue weighted by atomic mass is 10.0. The fourth-order valence-corrected chi connectivity index (χ4v) is 3.81. The second-order valence-corrected chi connectivity index (χ2v) is 7.40. The highest BCUT2D eigenvalue weighted by molar-refractivity contribution is 9.10. The van der Waals surface area contributed by atoms with Crippen molar-refractivity contribution in [2.24, 2.45) is 0 Å². The standard InChI is InChI=1S/C18H26BrClO/c1-2-3-4-5-6-7-8-9-17(20)16-13-15(19)12-14-10-11-21-18(14)16/h12-13,17H,2-11H2,1H3. The molecule has 1 aliphatic rings. The number of ether oxygens (including phenoxy) is 1. The van der Waals surface area contributed by atoms with Crippen molar-refractivity contribution in [1.82, 2.24) is 0 Å². The monoisotopic (exact) mass is 372 g/mol. The molecule has 0 bridgehead atoms. The molecule has 0 spiro atoms. The normalized spacial score (nSPS) is 14.8. The first-order chi connectivity index (χ1) is 10.2. The van der Waals surface area contributed by atoms with Crippen molar-refractivity contribution in [2.45, 2.75) is 70.1 Å². The average molecular weight is 374 g/mol. The Morgan fingerprint density at radius 3 is 2.62 bits per heavy atom. The third-order valence-corrected chi connectivity index (χ3v) is 5.09. The van der Waals surface area contributed by atoms with Crippen molar-refractivity contribution < 1.29 is 4.74 Å². The Morgan fingerprint density at radius 1 is 1.14 bits per heavy atom. The number of hydrogen-bond donors (Lipinski definition) is 0. The second-order valence-electron chi connectivity index (χ2n) is 5.96. The summed E-state index contributed by atoms with van der Waals surface area (Å²) in [6.45, 7) is 3.05. The Bertz CT molecular complexity index is 447. The van der Waals surface area contributed by atoms with Gasteiger partial charge in [0.15, 0.2) is 0 Å². The molecule has 0 fully saturated rings. The SMILES string of the molecule is CCCCCCCCCC(Cl)c1cc(Br)cc2c1OCC2. The van der Waals surface area contributed by atoms with E-state index in [4.69, 9.17) is 16.3 Å². The van der Waals surface area contributed by atoms with E-state index in [1.54, 1.807) is 0 Å². The molecule has 118 valence electrons. The van der Waals surface area contributed by atoms with E-state index < -0.39 is 0 Å². The van der Waals surface area contributed by atoms with E-state index in [1.807, 2.05) is 0 Å². The van der Waals surface area contributed by atoms with Crippen LogP contribution in [0.15, 0.2) is 16.6 Å². The molecule has 0 radical (unpaired) electrons. The molecular formula is C18H26BrClO. The number of halogens is 2. The summed E-state index contributed by atoms with van der Waals surface area (Å²) in [5, 5.41) is 0.0741. The minimum Gasteiger partial charge on any atom is -0.493 e. The molecule has 2 rings (SSSR count). The van der Waals surface area contributed by atoms with Crippen molar-refractivity contribution >= 4 is 27.5 Å². The summed E-state index contributed by atoms with van der Waals surface area (Å²) < 4.78 is 6.89. The maximum Gasteiger partial charge on any atom is 0.127 e. The van der Waals surface area contributed by atoms with Crippen LogP contribution in [0.4, 0.5) is 0 Å². The van der Waals surface area contributed by atoms with Gasteiger partial charge in [0.25, 0.3) is 0 Å². The van der Waals surface area contributed by atoms with Crippen LogP contribution in [0.2, 0.25) is 0 Å². The van der Waals surface area contributed by atoms with Crippen LogP contribution < -0.4 is 4.74 Å². The van der Waals surface area contributed by atoms with E-state index >= 15 is 0 Å². The van der Waals surface area contributed by atoms with Gasteiger partial charge in [-0.2, -0.15) is 0 Å². The molecule has 0 amide bonds.